The molecule has 1 heteroatoms. The molecule has 0 bridgehead atoms. The molecule has 20 heavy (non-hydrogen) atoms. The predicted molar refractivity (Wildman–Crippen MR) is 88.1 cm³/mol. The van der Waals surface area contributed by atoms with Crippen LogP contribution in [0.25, 0.3) is 6.08 Å². The fourth-order valence-electron chi connectivity index (χ4n) is 2.77. The van der Waals surface area contributed by atoms with Gasteiger partial charge in [0.2, 0.25) is 0 Å². The molecule has 0 amide bonds. The molecule has 0 heterocycles. The Bertz CT molecular complexity index is 571. The Balaban J connectivity index is 2.30. The van der Waals surface area contributed by atoms with E-state index in [9.17, 15) is 0 Å². The van der Waals surface area contributed by atoms with Crippen LogP contribution in [0.3, 0.4) is 0 Å². The normalized spacial score (nSPS) is 12.1. The van der Waals surface area contributed by atoms with Crippen molar-refractivity contribution in [3.8, 4) is 0 Å². The van der Waals surface area contributed by atoms with Crippen LogP contribution in [0.2, 0.25) is 0 Å². The van der Waals surface area contributed by atoms with Gasteiger partial charge in [-0.25, -0.2) is 0 Å². The van der Waals surface area contributed by atoms with Gasteiger partial charge in [0.15, 0.2) is 0 Å². The quantitative estimate of drug-likeness (QED) is 0.826. The van der Waals surface area contributed by atoms with E-state index in [4.69, 9.17) is 0 Å². The highest BCUT2D eigenvalue weighted by Crippen LogP contribution is 2.25. The zero-order valence-corrected chi connectivity index (χ0v) is 12.4. The molecule has 0 radical (unpaired) electrons. The third kappa shape index (κ3) is 3.37. The van der Waals surface area contributed by atoms with Crippen molar-refractivity contribution < 1.29 is 0 Å². The number of benzene rings is 2. The molecule has 2 rings (SSSR count). The molecule has 0 saturated heterocycles. The Morgan fingerprint density at radius 3 is 2.50 bits per heavy atom. The van der Waals surface area contributed by atoms with Gasteiger partial charge in [0.25, 0.3) is 0 Å². The highest BCUT2D eigenvalue weighted by atomic mass is 14.8. The van der Waals surface area contributed by atoms with E-state index in [0.717, 1.165) is 13.0 Å². The lowest BCUT2D eigenvalue weighted by Gasteiger charge is -2.20. The molecule has 0 spiro atoms. The molecule has 1 N–H and O–H groups in total. The minimum absolute atomic E-state index is 0.488. The molecular weight excluding hydrogens is 242 g/mol. The lowest BCUT2D eigenvalue weighted by Crippen LogP contribution is -2.20. The van der Waals surface area contributed by atoms with E-state index in [1.165, 1.54) is 22.3 Å². The van der Waals surface area contributed by atoms with Crippen LogP contribution in [0.5, 0.6) is 0 Å². The molecule has 0 saturated carbocycles. The van der Waals surface area contributed by atoms with Gasteiger partial charge in [-0.2, -0.15) is 0 Å². The standard InChI is InChI=1S/C19H23N/c1-4-16-10-6-7-11-17(16)13-18(14-20-3)19-12-8-5-9-15(19)2/h4-12,18,20H,1,13-14H2,2-3H3. The summed E-state index contributed by atoms with van der Waals surface area (Å²) in [4.78, 5) is 0. The first kappa shape index (κ1) is 14.5. The maximum atomic E-state index is 3.92. The first-order valence-electron chi connectivity index (χ1n) is 7.16. The van der Waals surface area contributed by atoms with Crippen LogP contribution in [0.15, 0.2) is 55.1 Å². The van der Waals surface area contributed by atoms with Crippen LogP contribution >= 0.6 is 0 Å². The van der Waals surface area contributed by atoms with Crippen molar-refractivity contribution in [1.82, 2.24) is 5.32 Å². The highest BCUT2D eigenvalue weighted by Gasteiger charge is 2.14. The third-order valence-electron chi connectivity index (χ3n) is 3.82. The first-order valence-corrected chi connectivity index (χ1v) is 7.16. The van der Waals surface area contributed by atoms with Gasteiger partial charge in [-0.1, -0.05) is 61.2 Å². The Morgan fingerprint density at radius 2 is 1.80 bits per heavy atom. The molecule has 1 atom stereocenters. The number of nitrogens with one attached hydrogen (secondary N) is 1. The molecule has 0 fully saturated rings. The van der Waals surface area contributed by atoms with Crippen LogP contribution in [0, 0.1) is 6.92 Å². The summed E-state index contributed by atoms with van der Waals surface area (Å²) in [6, 6.07) is 17.2. The Morgan fingerprint density at radius 1 is 1.10 bits per heavy atom. The Labute approximate surface area is 122 Å². The molecule has 0 aliphatic carbocycles. The first-order chi connectivity index (χ1) is 9.76. The summed E-state index contributed by atoms with van der Waals surface area (Å²) in [5.41, 5.74) is 5.40. The lowest BCUT2D eigenvalue weighted by molar-refractivity contribution is 0.622. The van der Waals surface area contributed by atoms with Gasteiger partial charge >= 0.3 is 0 Å². The summed E-state index contributed by atoms with van der Waals surface area (Å²) in [6.45, 7) is 7.09. The van der Waals surface area contributed by atoms with E-state index < -0.39 is 0 Å². The molecule has 0 aromatic heterocycles. The molecule has 2 aromatic carbocycles. The maximum absolute atomic E-state index is 3.92. The summed E-state index contributed by atoms with van der Waals surface area (Å²) in [7, 11) is 2.02. The molecule has 1 unspecified atom stereocenters. The minimum atomic E-state index is 0.488. The Kier molecular flexibility index (Phi) is 5.14. The second-order valence-corrected chi connectivity index (χ2v) is 5.22. The number of hydrogen-bond donors (Lipinski definition) is 1. The van der Waals surface area contributed by atoms with E-state index in [1.54, 1.807) is 0 Å². The van der Waals surface area contributed by atoms with Crippen molar-refractivity contribution in [2.24, 2.45) is 0 Å². The van der Waals surface area contributed by atoms with Crippen LogP contribution in [0.1, 0.15) is 28.2 Å². The van der Waals surface area contributed by atoms with E-state index in [2.05, 4.69) is 67.4 Å². The number of hydrogen-bond acceptors (Lipinski definition) is 1. The smallest absolute Gasteiger partial charge is 0.00204 e. The average molecular weight is 265 g/mol. The summed E-state index contributed by atoms with van der Waals surface area (Å²) >= 11 is 0. The summed E-state index contributed by atoms with van der Waals surface area (Å²) in [5.74, 6) is 0.488. The average Bonchev–Trinajstić information content (AvgIpc) is 2.48. The second-order valence-electron chi connectivity index (χ2n) is 5.22. The predicted octanol–water partition coefficient (Wildman–Crippen LogP) is 4.18. The fraction of sp³-hybridized carbons (Fsp3) is 0.263. The van der Waals surface area contributed by atoms with Crippen LogP contribution in [0.4, 0.5) is 0 Å². The van der Waals surface area contributed by atoms with Crippen molar-refractivity contribution in [3.05, 3.63) is 77.4 Å². The molecule has 0 aliphatic heterocycles. The SMILES string of the molecule is C=Cc1ccccc1CC(CNC)c1ccccc1C. The van der Waals surface area contributed by atoms with Crippen LogP contribution in [-0.4, -0.2) is 13.6 Å². The van der Waals surface area contributed by atoms with Gasteiger partial charge in [-0.3, -0.25) is 0 Å². The van der Waals surface area contributed by atoms with E-state index in [-0.39, 0.29) is 0 Å². The second kappa shape index (κ2) is 7.06. The van der Waals surface area contributed by atoms with E-state index >= 15 is 0 Å². The van der Waals surface area contributed by atoms with E-state index in [1.807, 2.05) is 13.1 Å². The monoisotopic (exact) mass is 265 g/mol. The van der Waals surface area contributed by atoms with Crippen LogP contribution < -0.4 is 5.32 Å². The zero-order chi connectivity index (χ0) is 14.4. The van der Waals surface area contributed by atoms with E-state index in [0.29, 0.717) is 5.92 Å². The Hall–Kier alpha value is -1.86. The largest absolute Gasteiger partial charge is 0.319 e. The third-order valence-corrected chi connectivity index (χ3v) is 3.82. The van der Waals surface area contributed by atoms with Crippen molar-refractivity contribution in [3.63, 3.8) is 0 Å². The molecule has 2 aromatic rings. The number of rotatable bonds is 6. The van der Waals surface area contributed by atoms with Crippen molar-refractivity contribution in [1.29, 1.82) is 0 Å². The number of aryl methyl sites for hydroxylation is 1. The fourth-order valence-corrected chi connectivity index (χ4v) is 2.77. The lowest BCUT2D eigenvalue weighted by atomic mass is 9.87. The number of likely N-dealkylation sites (N-methyl/N-ethyl adjacent to an activating group) is 1. The summed E-state index contributed by atoms with van der Waals surface area (Å²) in [6.07, 6.45) is 2.98. The van der Waals surface area contributed by atoms with Crippen LogP contribution in [-0.2, 0) is 6.42 Å². The van der Waals surface area contributed by atoms with Gasteiger partial charge in [-0.05, 0) is 42.6 Å². The molecule has 104 valence electrons. The zero-order valence-electron chi connectivity index (χ0n) is 12.4. The topological polar surface area (TPSA) is 12.0 Å². The highest BCUT2D eigenvalue weighted by molar-refractivity contribution is 5.52. The van der Waals surface area contributed by atoms with Crippen molar-refractivity contribution in [2.75, 3.05) is 13.6 Å². The minimum Gasteiger partial charge on any atom is -0.319 e. The van der Waals surface area contributed by atoms with Gasteiger partial charge in [0.1, 0.15) is 0 Å². The van der Waals surface area contributed by atoms with Gasteiger partial charge in [0.05, 0.1) is 0 Å². The van der Waals surface area contributed by atoms with Crippen molar-refractivity contribution in [2.45, 2.75) is 19.3 Å². The molecule has 0 aliphatic rings. The van der Waals surface area contributed by atoms with Gasteiger partial charge in [0, 0.05) is 12.5 Å². The summed E-state index contributed by atoms with van der Waals surface area (Å²) in [5, 5.41) is 3.33. The summed E-state index contributed by atoms with van der Waals surface area (Å²) < 4.78 is 0. The molecular formula is C19H23N. The molecule has 1 nitrogen and oxygen atoms in total. The van der Waals surface area contributed by atoms with Gasteiger partial charge < -0.3 is 5.32 Å². The van der Waals surface area contributed by atoms with Crippen molar-refractivity contribution >= 4 is 6.08 Å². The van der Waals surface area contributed by atoms with Gasteiger partial charge in [-0.15, -0.1) is 0 Å². The maximum Gasteiger partial charge on any atom is 0.00204 e.